The summed E-state index contributed by atoms with van der Waals surface area (Å²) >= 11 is 1.72. The van der Waals surface area contributed by atoms with Crippen molar-refractivity contribution in [3.05, 3.63) is 33.8 Å². The van der Waals surface area contributed by atoms with Crippen LogP contribution in [0.15, 0.2) is 6.20 Å². The Kier molecular flexibility index (Phi) is 2.82. The molecule has 0 amide bonds. The summed E-state index contributed by atoms with van der Waals surface area (Å²) in [6, 6.07) is 0. The monoisotopic (exact) mass is 275 g/mol. The van der Waals surface area contributed by atoms with Crippen LogP contribution < -0.4 is 5.32 Å². The number of aromatic nitrogens is 4. The van der Waals surface area contributed by atoms with E-state index < -0.39 is 0 Å². The molecule has 3 heterocycles. The van der Waals surface area contributed by atoms with Crippen LogP contribution in [0.4, 0.5) is 5.69 Å². The Morgan fingerprint density at radius 1 is 1.26 bits per heavy atom. The van der Waals surface area contributed by atoms with Crippen LogP contribution in [0.3, 0.4) is 0 Å². The third-order valence-electron chi connectivity index (χ3n) is 3.30. The molecule has 0 saturated carbocycles. The molecule has 0 bridgehead atoms. The Morgan fingerprint density at radius 2 is 2.05 bits per heavy atom. The highest BCUT2D eigenvalue weighted by Crippen LogP contribution is 2.22. The number of H-pyrrole nitrogens is 1. The van der Waals surface area contributed by atoms with Crippen LogP contribution in [0.1, 0.15) is 27.7 Å². The molecule has 3 aromatic rings. The third kappa shape index (κ3) is 2.02. The Labute approximate surface area is 115 Å². The second-order valence-electron chi connectivity index (χ2n) is 4.80. The van der Waals surface area contributed by atoms with Crippen LogP contribution in [-0.2, 0) is 6.54 Å². The summed E-state index contributed by atoms with van der Waals surface area (Å²) in [5.74, 6) is 0. The minimum Gasteiger partial charge on any atom is -0.376 e. The molecule has 0 aliphatic carbocycles. The van der Waals surface area contributed by atoms with Gasteiger partial charge >= 0.3 is 0 Å². The number of thiazole rings is 1. The molecule has 2 N–H and O–H groups in total. The maximum atomic E-state index is 4.60. The van der Waals surface area contributed by atoms with Crippen molar-refractivity contribution in [2.45, 2.75) is 34.2 Å². The summed E-state index contributed by atoms with van der Waals surface area (Å²) in [6.07, 6.45) is 2.14. The normalized spacial score (nSPS) is 11.4. The van der Waals surface area contributed by atoms with Crippen LogP contribution in [-0.4, -0.2) is 19.6 Å². The quantitative estimate of drug-likeness (QED) is 0.772. The summed E-state index contributed by atoms with van der Waals surface area (Å²) in [4.78, 5) is 6.94. The largest absolute Gasteiger partial charge is 0.376 e. The van der Waals surface area contributed by atoms with Gasteiger partial charge in [-0.1, -0.05) is 0 Å². The minimum absolute atomic E-state index is 0.754. The lowest BCUT2D eigenvalue weighted by Crippen LogP contribution is -2.04. The Morgan fingerprint density at radius 3 is 2.74 bits per heavy atom. The van der Waals surface area contributed by atoms with Crippen LogP contribution >= 0.6 is 11.3 Å². The van der Waals surface area contributed by atoms with Crippen molar-refractivity contribution < 1.29 is 0 Å². The molecule has 0 spiro atoms. The first kappa shape index (κ1) is 12.2. The van der Waals surface area contributed by atoms with E-state index in [1.165, 1.54) is 10.6 Å². The van der Waals surface area contributed by atoms with Gasteiger partial charge < -0.3 is 5.32 Å². The first-order valence-electron chi connectivity index (χ1n) is 6.25. The highest BCUT2D eigenvalue weighted by Gasteiger charge is 2.12. The van der Waals surface area contributed by atoms with Crippen LogP contribution in [0.25, 0.3) is 4.96 Å². The fourth-order valence-corrected chi connectivity index (χ4v) is 3.20. The zero-order valence-corrected chi connectivity index (χ0v) is 12.4. The maximum Gasteiger partial charge on any atom is 0.194 e. The molecule has 100 valence electrons. The van der Waals surface area contributed by atoms with Crippen LogP contribution in [0.2, 0.25) is 0 Å². The van der Waals surface area contributed by atoms with Gasteiger partial charge in [-0.15, -0.1) is 11.3 Å². The number of fused-ring (bicyclic) bond motifs is 1. The second kappa shape index (κ2) is 4.38. The molecule has 0 radical (unpaired) electrons. The van der Waals surface area contributed by atoms with Gasteiger partial charge in [-0.05, 0) is 27.7 Å². The van der Waals surface area contributed by atoms with Gasteiger partial charge in [0.15, 0.2) is 4.96 Å². The number of hydrogen-bond donors (Lipinski definition) is 2. The molecule has 3 rings (SSSR count). The first-order chi connectivity index (χ1) is 9.06. The molecule has 0 aliphatic heterocycles. The number of nitrogens with zero attached hydrogens (tertiary/aromatic N) is 3. The predicted octanol–water partition coefficient (Wildman–Crippen LogP) is 2.96. The maximum absolute atomic E-state index is 4.60. The van der Waals surface area contributed by atoms with E-state index in [0.717, 1.165) is 34.3 Å². The Balaban J connectivity index is 1.91. The van der Waals surface area contributed by atoms with Crippen molar-refractivity contribution in [2.24, 2.45) is 0 Å². The third-order valence-corrected chi connectivity index (χ3v) is 4.20. The summed E-state index contributed by atoms with van der Waals surface area (Å²) in [5.41, 5.74) is 5.44. The van der Waals surface area contributed by atoms with Gasteiger partial charge in [-0.3, -0.25) is 9.50 Å². The van der Waals surface area contributed by atoms with E-state index in [1.54, 1.807) is 11.3 Å². The van der Waals surface area contributed by atoms with Crippen molar-refractivity contribution in [3.8, 4) is 0 Å². The molecule has 0 saturated heterocycles. The lowest BCUT2D eigenvalue weighted by molar-refractivity contribution is 0.987. The molecule has 0 aliphatic rings. The number of nitrogens with one attached hydrogen (secondary N) is 2. The summed E-state index contributed by atoms with van der Waals surface area (Å²) in [5, 5.41) is 10.6. The van der Waals surface area contributed by atoms with Gasteiger partial charge in [0.2, 0.25) is 0 Å². The van der Waals surface area contributed by atoms with Crippen molar-refractivity contribution in [2.75, 3.05) is 5.32 Å². The highest BCUT2D eigenvalue weighted by molar-refractivity contribution is 7.17. The van der Waals surface area contributed by atoms with Gasteiger partial charge in [-0.25, -0.2) is 4.98 Å². The number of anilines is 1. The van der Waals surface area contributed by atoms with Gasteiger partial charge in [0.05, 0.1) is 35.0 Å². The second-order valence-corrected chi connectivity index (χ2v) is 6.01. The standard InChI is InChI=1S/C13H17N5S/c1-7-6-18-11(8(2)15-13(18)19-7)5-14-12-9(3)16-17-10(12)4/h6,14H,5H2,1-4H3,(H,16,17). The topological polar surface area (TPSA) is 58.0 Å². The smallest absolute Gasteiger partial charge is 0.194 e. The fourth-order valence-electron chi connectivity index (χ4n) is 2.31. The molecular formula is C13H17N5S. The molecule has 0 aromatic carbocycles. The van der Waals surface area contributed by atoms with E-state index in [1.807, 2.05) is 13.8 Å². The Hall–Kier alpha value is -1.82. The van der Waals surface area contributed by atoms with E-state index in [0.29, 0.717) is 0 Å². The molecule has 0 unspecified atom stereocenters. The lowest BCUT2D eigenvalue weighted by atomic mass is 10.3. The molecule has 0 fully saturated rings. The average Bonchev–Trinajstić information content (AvgIpc) is 2.93. The number of hydrogen-bond acceptors (Lipinski definition) is 4. The van der Waals surface area contributed by atoms with E-state index in [2.05, 4.69) is 44.9 Å². The zero-order chi connectivity index (χ0) is 13.6. The van der Waals surface area contributed by atoms with E-state index >= 15 is 0 Å². The minimum atomic E-state index is 0.754. The van der Waals surface area contributed by atoms with Crippen molar-refractivity contribution in [1.29, 1.82) is 0 Å². The number of aryl methyl sites for hydroxylation is 4. The average molecular weight is 275 g/mol. The Bertz CT molecular complexity index is 714. The fraction of sp³-hybridized carbons (Fsp3) is 0.385. The van der Waals surface area contributed by atoms with E-state index in [9.17, 15) is 0 Å². The van der Waals surface area contributed by atoms with Crippen molar-refractivity contribution >= 4 is 22.0 Å². The van der Waals surface area contributed by atoms with E-state index in [-0.39, 0.29) is 0 Å². The predicted molar refractivity (Wildman–Crippen MR) is 77.9 cm³/mol. The zero-order valence-electron chi connectivity index (χ0n) is 11.5. The van der Waals surface area contributed by atoms with Crippen molar-refractivity contribution in [1.82, 2.24) is 19.6 Å². The van der Waals surface area contributed by atoms with Gasteiger partial charge in [0, 0.05) is 11.1 Å². The molecule has 19 heavy (non-hydrogen) atoms. The SMILES string of the molecule is Cc1cn2c(CNc3c(C)n[nH]c3C)c(C)nc2s1. The molecule has 0 atom stereocenters. The highest BCUT2D eigenvalue weighted by atomic mass is 32.1. The summed E-state index contributed by atoms with van der Waals surface area (Å²) < 4.78 is 2.17. The number of rotatable bonds is 3. The molecular weight excluding hydrogens is 258 g/mol. The van der Waals surface area contributed by atoms with Crippen LogP contribution in [0, 0.1) is 27.7 Å². The number of aromatic amines is 1. The van der Waals surface area contributed by atoms with Gasteiger partial charge in [0.1, 0.15) is 0 Å². The lowest BCUT2D eigenvalue weighted by Gasteiger charge is -2.06. The molecule has 5 nitrogen and oxygen atoms in total. The van der Waals surface area contributed by atoms with E-state index in [4.69, 9.17) is 0 Å². The molecule has 6 heteroatoms. The summed E-state index contributed by atoms with van der Waals surface area (Å²) in [6.45, 7) is 8.94. The van der Waals surface area contributed by atoms with Crippen LogP contribution in [0.5, 0.6) is 0 Å². The van der Waals surface area contributed by atoms with Gasteiger partial charge in [-0.2, -0.15) is 5.10 Å². The molecule has 3 aromatic heterocycles. The summed E-state index contributed by atoms with van der Waals surface area (Å²) in [7, 11) is 0. The van der Waals surface area contributed by atoms with Crippen molar-refractivity contribution in [3.63, 3.8) is 0 Å². The van der Waals surface area contributed by atoms with Gasteiger partial charge in [0.25, 0.3) is 0 Å². The number of imidazole rings is 1. The first-order valence-corrected chi connectivity index (χ1v) is 7.07.